The first kappa shape index (κ1) is 12.6. The van der Waals surface area contributed by atoms with E-state index in [9.17, 15) is 13.6 Å². The third-order valence-corrected chi connectivity index (χ3v) is 2.50. The fourth-order valence-electron chi connectivity index (χ4n) is 1.49. The predicted octanol–water partition coefficient (Wildman–Crippen LogP) is 3.46. The van der Waals surface area contributed by atoms with Crippen LogP contribution in [0.2, 0.25) is 0 Å². The van der Waals surface area contributed by atoms with E-state index in [1.807, 2.05) is 0 Å². The van der Waals surface area contributed by atoms with Gasteiger partial charge in [0.2, 0.25) is 0 Å². The molecule has 2 atom stereocenters. The van der Waals surface area contributed by atoms with E-state index in [2.05, 4.69) is 6.58 Å². The van der Waals surface area contributed by atoms with Crippen LogP contribution in [0.5, 0.6) is 0 Å². The molecule has 1 aliphatic rings. The molecule has 0 heterocycles. The maximum absolute atomic E-state index is 13.5. The summed E-state index contributed by atoms with van der Waals surface area (Å²) >= 11 is 0. The van der Waals surface area contributed by atoms with Gasteiger partial charge in [0.05, 0.1) is 0 Å². The van der Waals surface area contributed by atoms with E-state index >= 15 is 0 Å². The zero-order valence-corrected chi connectivity index (χ0v) is 9.34. The van der Waals surface area contributed by atoms with Crippen molar-refractivity contribution in [2.24, 2.45) is 5.92 Å². The molecule has 1 rings (SSSR count). The van der Waals surface area contributed by atoms with Crippen molar-refractivity contribution in [1.82, 2.24) is 0 Å². The van der Waals surface area contributed by atoms with Gasteiger partial charge in [-0.1, -0.05) is 24.3 Å². The second kappa shape index (κ2) is 5.01. The van der Waals surface area contributed by atoms with Crippen LogP contribution in [0.3, 0.4) is 0 Å². The lowest BCUT2D eigenvalue weighted by atomic mass is 9.90. The molecule has 0 aromatic carbocycles. The van der Waals surface area contributed by atoms with Crippen LogP contribution in [0.25, 0.3) is 0 Å². The lowest BCUT2D eigenvalue weighted by molar-refractivity contribution is -0.113. The molecule has 0 saturated heterocycles. The molecule has 3 heteroatoms. The number of rotatable bonds is 3. The molecule has 0 amide bonds. The van der Waals surface area contributed by atoms with E-state index in [4.69, 9.17) is 0 Å². The molecule has 0 fully saturated rings. The number of carbonyl (C=O) groups excluding carboxylic acids is 1. The van der Waals surface area contributed by atoms with Crippen molar-refractivity contribution in [1.29, 1.82) is 0 Å². The average molecular weight is 224 g/mol. The van der Waals surface area contributed by atoms with Crippen LogP contribution >= 0.6 is 0 Å². The minimum absolute atomic E-state index is 0.156. The molecule has 0 spiro atoms. The van der Waals surface area contributed by atoms with Gasteiger partial charge in [-0.3, -0.25) is 4.79 Å². The Balaban J connectivity index is 2.84. The van der Waals surface area contributed by atoms with Crippen molar-refractivity contribution in [3.05, 3.63) is 47.9 Å². The molecular weight excluding hydrogens is 210 g/mol. The molecule has 0 aliphatic heterocycles. The Morgan fingerprint density at radius 3 is 2.62 bits per heavy atom. The fourth-order valence-corrected chi connectivity index (χ4v) is 1.49. The van der Waals surface area contributed by atoms with Crippen LogP contribution in [0.15, 0.2) is 47.9 Å². The summed E-state index contributed by atoms with van der Waals surface area (Å²) in [6.07, 6.45) is 3.77. The summed E-state index contributed by atoms with van der Waals surface area (Å²) < 4.78 is 26.2. The molecule has 86 valence electrons. The van der Waals surface area contributed by atoms with Crippen molar-refractivity contribution in [3.8, 4) is 0 Å². The van der Waals surface area contributed by atoms with E-state index in [0.29, 0.717) is 11.1 Å². The quantitative estimate of drug-likeness (QED) is 0.530. The molecular formula is C13H14F2O. The van der Waals surface area contributed by atoms with Gasteiger partial charge in [0.15, 0.2) is 5.78 Å². The van der Waals surface area contributed by atoms with Crippen molar-refractivity contribution >= 4 is 5.78 Å². The van der Waals surface area contributed by atoms with Gasteiger partial charge in [-0.2, -0.15) is 0 Å². The molecule has 16 heavy (non-hydrogen) atoms. The van der Waals surface area contributed by atoms with Crippen LogP contribution in [-0.2, 0) is 4.79 Å². The smallest absolute Gasteiger partial charge is 0.159 e. The standard InChI is InChI=1S/C13H14F2O/c1-8(10(3)16)6-9(2)12-5-4-11(14)7-13(12)15/h4-7,12-13H,1H2,2-3H3/b9-6+. The van der Waals surface area contributed by atoms with E-state index in [1.54, 1.807) is 13.0 Å². The normalized spacial score (nSPS) is 25.2. The number of halogens is 2. The van der Waals surface area contributed by atoms with Gasteiger partial charge in [0.25, 0.3) is 0 Å². The monoisotopic (exact) mass is 224 g/mol. The number of hydrogen-bond acceptors (Lipinski definition) is 1. The van der Waals surface area contributed by atoms with Crippen LogP contribution in [0.4, 0.5) is 8.78 Å². The highest BCUT2D eigenvalue weighted by Gasteiger charge is 2.22. The third kappa shape index (κ3) is 2.99. The van der Waals surface area contributed by atoms with Gasteiger partial charge in [-0.05, 0) is 26.0 Å². The first-order chi connectivity index (χ1) is 7.41. The Kier molecular flexibility index (Phi) is 3.93. The Morgan fingerprint density at radius 2 is 2.12 bits per heavy atom. The Labute approximate surface area is 93.8 Å². The van der Waals surface area contributed by atoms with Crippen LogP contribution < -0.4 is 0 Å². The maximum Gasteiger partial charge on any atom is 0.159 e. The molecule has 0 bridgehead atoms. The van der Waals surface area contributed by atoms with Gasteiger partial charge in [-0.25, -0.2) is 8.78 Å². The zero-order valence-electron chi connectivity index (χ0n) is 9.34. The largest absolute Gasteiger partial charge is 0.295 e. The Bertz CT molecular complexity index is 402. The predicted molar refractivity (Wildman–Crippen MR) is 60.3 cm³/mol. The second-order valence-corrected chi connectivity index (χ2v) is 3.85. The van der Waals surface area contributed by atoms with E-state index in [1.165, 1.54) is 19.1 Å². The van der Waals surface area contributed by atoms with Gasteiger partial charge in [-0.15, -0.1) is 0 Å². The first-order valence-corrected chi connectivity index (χ1v) is 4.99. The number of ketones is 1. The second-order valence-electron chi connectivity index (χ2n) is 3.85. The summed E-state index contributed by atoms with van der Waals surface area (Å²) in [4.78, 5) is 11.0. The number of hydrogen-bond donors (Lipinski definition) is 0. The minimum atomic E-state index is -1.39. The molecule has 0 saturated carbocycles. The SMILES string of the molecule is C=C(/C=C(\C)C1C=CC(F)=CC1F)C(C)=O. The molecule has 1 aliphatic carbocycles. The molecule has 0 N–H and O–H groups in total. The highest BCUT2D eigenvalue weighted by Crippen LogP contribution is 2.27. The van der Waals surface area contributed by atoms with Gasteiger partial charge in [0, 0.05) is 11.5 Å². The average Bonchev–Trinajstić information content (AvgIpc) is 2.16. The zero-order chi connectivity index (χ0) is 12.3. The summed E-state index contributed by atoms with van der Waals surface area (Å²) in [5.74, 6) is -1.24. The number of allylic oxidation sites excluding steroid dienone is 7. The summed E-state index contributed by atoms with van der Waals surface area (Å²) in [6, 6.07) is 0. The lowest BCUT2D eigenvalue weighted by Gasteiger charge is -2.19. The Hall–Kier alpha value is -1.51. The highest BCUT2D eigenvalue weighted by atomic mass is 19.1. The van der Waals surface area contributed by atoms with E-state index in [-0.39, 0.29) is 5.78 Å². The Morgan fingerprint density at radius 1 is 1.50 bits per heavy atom. The van der Waals surface area contributed by atoms with Crippen molar-refractivity contribution in [2.75, 3.05) is 0 Å². The first-order valence-electron chi connectivity index (χ1n) is 4.99. The van der Waals surface area contributed by atoms with Gasteiger partial charge in [0.1, 0.15) is 12.0 Å². The van der Waals surface area contributed by atoms with Crippen LogP contribution in [-0.4, -0.2) is 12.0 Å². The van der Waals surface area contributed by atoms with Crippen molar-refractivity contribution < 1.29 is 13.6 Å². The van der Waals surface area contributed by atoms with Gasteiger partial charge < -0.3 is 0 Å². The number of Topliss-reactive ketones (excluding diaryl/α,β-unsaturated/α-hetero) is 1. The molecule has 2 unspecified atom stereocenters. The number of alkyl halides is 1. The maximum atomic E-state index is 13.5. The fraction of sp³-hybridized carbons (Fsp3) is 0.308. The van der Waals surface area contributed by atoms with E-state index < -0.39 is 17.9 Å². The summed E-state index contributed by atoms with van der Waals surface area (Å²) in [6.45, 7) is 6.67. The molecule has 0 aromatic heterocycles. The molecule has 0 radical (unpaired) electrons. The van der Waals surface area contributed by atoms with Crippen LogP contribution in [0.1, 0.15) is 13.8 Å². The summed E-state index contributed by atoms with van der Waals surface area (Å²) in [5.41, 5.74) is 0.987. The third-order valence-electron chi connectivity index (χ3n) is 2.50. The highest BCUT2D eigenvalue weighted by molar-refractivity contribution is 5.95. The summed E-state index contributed by atoms with van der Waals surface area (Å²) in [7, 11) is 0. The lowest BCUT2D eigenvalue weighted by Crippen LogP contribution is -2.16. The number of carbonyl (C=O) groups is 1. The topological polar surface area (TPSA) is 17.1 Å². The van der Waals surface area contributed by atoms with Gasteiger partial charge >= 0.3 is 0 Å². The van der Waals surface area contributed by atoms with Crippen molar-refractivity contribution in [3.63, 3.8) is 0 Å². The molecule has 0 aromatic rings. The summed E-state index contributed by atoms with van der Waals surface area (Å²) in [5, 5.41) is 0. The van der Waals surface area contributed by atoms with Crippen LogP contribution in [0, 0.1) is 5.92 Å². The molecule has 1 nitrogen and oxygen atoms in total. The van der Waals surface area contributed by atoms with E-state index in [0.717, 1.165) is 6.08 Å². The minimum Gasteiger partial charge on any atom is -0.295 e. The van der Waals surface area contributed by atoms with Crippen molar-refractivity contribution in [2.45, 2.75) is 20.0 Å².